The zero-order chi connectivity index (χ0) is 15.0. The van der Waals surface area contributed by atoms with Crippen LogP contribution in [-0.4, -0.2) is 39.5 Å². The lowest BCUT2D eigenvalue weighted by atomic mass is 10.1. The van der Waals surface area contributed by atoms with E-state index in [-0.39, 0.29) is 18.4 Å². The van der Waals surface area contributed by atoms with Gasteiger partial charge in [-0.1, -0.05) is 22.0 Å². The van der Waals surface area contributed by atoms with Gasteiger partial charge in [0.1, 0.15) is 0 Å². The Kier molecular flexibility index (Phi) is 3.71. The number of nitrogens with zero attached hydrogens (tertiary/aromatic N) is 1. The van der Waals surface area contributed by atoms with Gasteiger partial charge in [0, 0.05) is 34.2 Å². The predicted molar refractivity (Wildman–Crippen MR) is 82.3 cm³/mol. The van der Waals surface area contributed by atoms with Crippen LogP contribution in [-0.2, 0) is 4.79 Å². The standard InChI is InChI=1S/C15H15BrN2O3/c16-11-4-1-5-12-14(11)10(8-17-12)15(21)18-6-2-3-9(18)7-13(19)20/h1,4-5,8-9,17H,2-3,6-7H2,(H,19,20). The Morgan fingerprint density at radius 2 is 2.24 bits per heavy atom. The quantitative estimate of drug-likeness (QED) is 0.893. The summed E-state index contributed by atoms with van der Waals surface area (Å²) in [7, 11) is 0. The van der Waals surface area contributed by atoms with Crippen molar-refractivity contribution in [1.29, 1.82) is 0 Å². The minimum Gasteiger partial charge on any atom is -0.481 e. The van der Waals surface area contributed by atoms with E-state index in [0.29, 0.717) is 12.1 Å². The van der Waals surface area contributed by atoms with Crippen molar-refractivity contribution in [3.05, 3.63) is 34.4 Å². The van der Waals surface area contributed by atoms with Gasteiger partial charge in [0.25, 0.3) is 5.91 Å². The number of H-pyrrole nitrogens is 1. The first-order valence-electron chi connectivity index (χ1n) is 6.86. The molecule has 1 fully saturated rings. The maximum atomic E-state index is 12.8. The number of hydrogen-bond donors (Lipinski definition) is 2. The number of aromatic nitrogens is 1. The smallest absolute Gasteiger partial charge is 0.305 e. The Morgan fingerprint density at radius 1 is 1.43 bits per heavy atom. The number of halogens is 1. The van der Waals surface area contributed by atoms with Crippen molar-refractivity contribution < 1.29 is 14.7 Å². The van der Waals surface area contributed by atoms with Gasteiger partial charge in [-0.05, 0) is 25.0 Å². The molecule has 2 heterocycles. The van der Waals surface area contributed by atoms with Crippen LogP contribution in [0.3, 0.4) is 0 Å². The number of carbonyl (C=O) groups is 2. The number of aliphatic carboxylic acids is 1. The first kappa shape index (κ1) is 14.1. The molecule has 3 rings (SSSR count). The van der Waals surface area contributed by atoms with E-state index in [2.05, 4.69) is 20.9 Å². The van der Waals surface area contributed by atoms with Crippen molar-refractivity contribution in [2.24, 2.45) is 0 Å². The lowest BCUT2D eigenvalue weighted by Crippen LogP contribution is -2.36. The van der Waals surface area contributed by atoms with Crippen LogP contribution < -0.4 is 0 Å². The minimum atomic E-state index is -0.861. The molecule has 1 atom stereocenters. The van der Waals surface area contributed by atoms with E-state index in [9.17, 15) is 9.59 Å². The zero-order valence-electron chi connectivity index (χ0n) is 11.3. The lowest BCUT2D eigenvalue weighted by molar-refractivity contribution is -0.137. The van der Waals surface area contributed by atoms with Crippen molar-refractivity contribution in [3.8, 4) is 0 Å². The molecule has 6 heteroatoms. The largest absolute Gasteiger partial charge is 0.481 e. The Balaban J connectivity index is 1.95. The van der Waals surface area contributed by atoms with Gasteiger partial charge in [0.15, 0.2) is 0 Å². The van der Waals surface area contributed by atoms with E-state index < -0.39 is 5.97 Å². The Labute approximate surface area is 130 Å². The van der Waals surface area contributed by atoms with Crippen molar-refractivity contribution in [2.75, 3.05) is 6.54 Å². The van der Waals surface area contributed by atoms with Crippen molar-refractivity contribution in [1.82, 2.24) is 9.88 Å². The van der Waals surface area contributed by atoms with Crippen LogP contribution in [0.1, 0.15) is 29.6 Å². The third kappa shape index (κ3) is 2.55. The van der Waals surface area contributed by atoms with Crippen LogP contribution in [0.2, 0.25) is 0 Å². The average Bonchev–Trinajstić information content (AvgIpc) is 3.04. The second-order valence-corrected chi connectivity index (χ2v) is 6.11. The fourth-order valence-corrected chi connectivity index (χ4v) is 3.56. The monoisotopic (exact) mass is 350 g/mol. The van der Waals surface area contributed by atoms with Crippen molar-refractivity contribution >= 4 is 38.7 Å². The van der Waals surface area contributed by atoms with Crippen LogP contribution in [0.25, 0.3) is 10.9 Å². The highest BCUT2D eigenvalue weighted by atomic mass is 79.9. The molecule has 0 saturated carbocycles. The van der Waals surface area contributed by atoms with Gasteiger partial charge in [-0.15, -0.1) is 0 Å². The second-order valence-electron chi connectivity index (χ2n) is 5.26. The summed E-state index contributed by atoms with van der Waals surface area (Å²) < 4.78 is 0.860. The normalized spacial score (nSPS) is 18.3. The molecule has 0 bridgehead atoms. The molecule has 2 N–H and O–H groups in total. The molecule has 5 nitrogen and oxygen atoms in total. The molecule has 110 valence electrons. The number of likely N-dealkylation sites (tertiary alicyclic amines) is 1. The molecule has 0 aliphatic carbocycles. The number of rotatable bonds is 3. The molecular formula is C15H15BrN2O3. The third-order valence-corrected chi connectivity index (χ3v) is 4.59. The summed E-state index contributed by atoms with van der Waals surface area (Å²) in [6.07, 6.45) is 3.32. The summed E-state index contributed by atoms with van der Waals surface area (Å²) in [5.74, 6) is -0.961. The first-order valence-corrected chi connectivity index (χ1v) is 7.65. The molecule has 0 spiro atoms. The fraction of sp³-hybridized carbons (Fsp3) is 0.333. The van der Waals surface area contributed by atoms with Crippen LogP contribution in [0, 0.1) is 0 Å². The number of hydrogen-bond acceptors (Lipinski definition) is 2. The third-order valence-electron chi connectivity index (χ3n) is 3.93. The first-order chi connectivity index (χ1) is 10.1. The second kappa shape index (κ2) is 5.52. The highest BCUT2D eigenvalue weighted by Gasteiger charge is 2.32. The van der Waals surface area contributed by atoms with Crippen molar-refractivity contribution in [2.45, 2.75) is 25.3 Å². The summed E-state index contributed by atoms with van der Waals surface area (Å²) in [5.41, 5.74) is 1.48. The molecule has 1 unspecified atom stereocenters. The molecule has 1 aromatic carbocycles. The van der Waals surface area contributed by atoms with Crippen LogP contribution in [0.15, 0.2) is 28.9 Å². The summed E-state index contributed by atoms with van der Waals surface area (Å²) >= 11 is 3.47. The SMILES string of the molecule is O=C(O)CC1CCCN1C(=O)c1c[nH]c2cccc(Br)c12. The molecule has 1 saturated heterocycles. The summed E-state index contributed by atoms with van der Waals surface area (Å²) in [6.45, 7) is 0.619. The van der Waals surface area contributed by atoms with E-state index in [1.807, 2.05) is 18.2 Å². The van der Waals surface area contributed by atoms with E-state index in [0.717, 1.165) is 28.2 Å². The molecule has 21 heavy (non-hydrogen) atoms. The average molecular weight is 351 g/mol. The highest BCUT2D eigenvalue weighted by molar-refractivity contribution is 9.10. The van der Waals surface area contributed by atoms with E-state index in [1.54, 1.807) is 11.1 Å². The lowest BCUT2D eigenvalue weighted by Gasteiger charge is -2.23. The summed E-state index contributed by atoms with van der Waals surface area (Å²) in [6, 6.07) is 5.50. The Morgan fingerprint density at radius 3 is 3.00 bits per heavy atom. The number of amides is 1. The maximum absolute atomic E-state index is 12.8. The number of nitrogens with one attached hydrogen (secondary N) is 1. The zero-order valence-corrected chi connectivity index (χ0v) is 12.9. The number of aromatic amines is 1. The van der Waals surface area contributed by atoms with Gasteiger partial charge >= 0.3 is 5.97 Å². The van der Waals surface area contributed by atoms with Gasteiger partial charge in [0.05, 0.1) is 12.0 Å². The van der Waals surface area contributed by atoms with Crippen molar-refractivity contribution in [3.63, 3.8) is 0 Å². The molecule has 0 radical (unpaired) electrons. The molecule has 1 aromatic heterocycles. The van der Waals surface area contributed by atoms with Crippen LogP contribution in [0.4, 0.5) is 0 Å². The number of carboxylic acid groups (broad SMARTS) is 1. The molecule has 1 aliphatic rings. The number of benzene rings is 1. The van der Waals surface area contributed by atoms with E-state index in [1.165, 1.54) is 0 Å². The maximum Gasteiger partial charge on any atom is 0.305 e. The molecule has 1 aliphatic heterocycles. The van der Waals surface area contributed by atoms with Crippen LogP contribution in [0.5, 0.6) is 0 Å². The molecule has 1 amide bonds. The predicted octanol–water partition coefficient (Wildman–Crippen LogP) is 3.01. The van der Waals surface area contributed by atoms with Gasteiger partial charge in [0.2, 0.25) is 0 Å². The Hall–Kier alpha value is -1.82. The van der Waals surface area contributed by atoms with Gasteiger partial charge in [-0.2, -0.15) is 0 Å². The van der Waals surface area contributed by atoms with E-state index in [4.69, 9.17) is 5.11 Å². The number of carbonyl (C=O) groups excluding carboxylic acids is 1. The van der Waals surface area contributed by atoms with Gasteiger partial charge in [-0.3, -0.25) is 9.59 Å². The minimum absolute atomic E-state index is 0.00919. The molecular weight excluding hydrogens is 336 g/mol. The van der Waals surface area contributed by atoms with Crippen LogP contribution >= 0.6 is 15.9 Å². The molecule has 2 aromatic rings. The highest BCUT2D eigenvalue weighted by Crippen LogP contribution is 2.30. The Bertz CT molecular complexity index is 710. The number of carboxylic acids is 1. The topological polar surface area (TPSA) is 73.4 Å². The van der Waals surface area contributed by atoms with E-state index >= 15 is 0 Å². The summed E-state index contributed by atoms with van der Waals surface area (Å²) in [4.78, 5) is 28.5. The van der Waals surface area contributed by atoms with Gasteiger partial charge in [-0.25, -0.2) is 0 Å². The fourth-order valence-electron chi connectivity index (χ4n) is 2.98. The summed E-state index contributed by atoms with van der Waals surface area (Å²) in [5, 5.41) is 9.82. The van der Waals surface area contributed by atoms with Gasteiger partial charge < -0.3 is 15.0 Å². The number of fused-ring (bicyclic) bond motifs is 1.